The molecule has 1 heterocycles. The van der Waals surface area contributed by atoms with Crippen molar-refractivity contribution >= 4 is 0 Å². The van der Waals surface area contributed by atoms with Gasteiger partial charge in [-0.2, -0.15) is 0 Å². The molecule has 0 radical (unpaired) electrons. The van der Waals surface area contributed by atoms with Crippen LogP contribution in [0.5, 0.6) is 5.75 Å². The smallest absolute Gasteiger partial charge is 0.115 e. The number of methoxy groups -OCH3 is 1. The minimum absolute atomic E-state index is 0.347. The maximum atomic E-state index is 9.80. The van der Waals surface area contributed by atoms with E-state index in [1.54, 1.807) is 13.2 Å². The number of hydrogen-bond acceptors (Lipinski definition) is 4. The molecule has 1 saturated heterocycles. The lowest BCUT2D eigenvalue weighted by atomic mass is 9.79. The van der Waals surface area contributed by atoms with E-state index in [0.717, 1.165) is 19.7 Å². The summed E-state index contributed by atoms with van der Waals surface area (Å²) in [5, 5.41) is 9.80. The number of hydrogen-bond donors (Lipinski definition) is 1. The van der Waals surface area contributed by atoms with Gasteiger partial charge in [0.25, 0.3) is 0 Å². The summed E-state index contributed by atoms with van der Waals surface area (Å²) in [6, 6.07) is 8.04. The highest BCUT2D eigenvalue weighted by atomic mass is 16.5. The maximum absolute atomic E-state index is 9.80. The van der Waals surface area contributed by atoms with E-state index in [1.165, 1.54) is 12.0 Å². The largest absolute Gasteiger partial charge is 0.508 e. The Morgan fingerprint density at radius 3 is 2.77 bits per heavy atom. The molecular formula is C18H29NO3. The quantitative estimate of drug-likeness (QED) is 0.786. The minimum atomic E-state index is 0.347. The van der Waals surface area contributed by atoms with Gasteiger partial charge in [-0.15, -0.1) is 0 Å². The number of nitrogens with zero attached hydrogens (tertiary/aromatic N) is 1. The average Bonchev–Trinajstić information content (AvgIpc) is 2.50. The molecule has 0 aromatic heterocycles. The summed E-state index contributed by atoms with van der Waals surface area (Å²) in [6.07, 6.45) is 1.22. The molecule has 1 fully saturated rings. The molecule has 1 aromatic carbocycles. The van der Waals surface area contributed by atoms with E-state index in [4.69, 9.17) is 9.47 Å². The van der Waals surface area contributed by atoms with E-state index in [0.29, 0.717) is 36.8 Å². The molecule has 1 unspecified atom stereocenters. The average molecular weight is 307 g/mol. The summed E-state index contributed by atoms with van der Waals surface area (Å²) in [5.41, 5.74) is 1.20. The highest BCUT2D eigenvalue weighted by molar-refractivity contribution is 5.30. The fourth-order valence-corrected chi connectivity index (χ4v) is 3.32. The third-order valence-electron chi connectivity index (χ3n) is 4.83. The monoisotopic (exact) mass is 307 g/mol. The van der Waals surface area contributed by atoms with Gasteiger partial charge in [0.15, 0.2) is 0 Å². The number of aromatic hydroxyl groups is 1. The Balaban J connectivity index is 2.02. The van der Waals surface area contributed by atoms with E-state index in [1.807, 2.05) is 12.1 Å². The molecule has 1 aliphatic heterocycles. The number of phenolic OH excluding ortho intramolecular Hbond substituents is 1. The molecule has 2 rings (SSSR count). The van der Waals surface area contributed by atoms with Crippen LogP contribution in [0.1, 0.15) is 31.9 Å². The van der Waals surface area contributed by atoms with Crippen LogP contribution in [0.15, 0.2) is 24.3 Å². The van der Waals surface area contributed by atoms with Gasteiger partial charge >= 0.3 is 0 Å². The van der Waals surface area contributed by atoms with Gasteiger partial charge in [0.2, 0.25) is 0 Å². The van der Waals surface area contributed by atoms with Crippen LogP contribution in [0.25, 0.3) is 0 Å². The van der Waals surface area contributed by atoms with E-state index in [2.05, 4.69) is 24.8 Å². The van der Waals surface area contributed by atoms with Crippen molar-refractivity contribution in [3.8, 4) is 5.75 Å². The molecule has 0 bridgehead atoms. The van der Waals surface area contributed by atoms with Gasteiger partial charge in [-0.05, 0) is 42.5 Å². The van der Waals surface area contributed by atoms with Crippen LogP contribution < -0.4 is 0 Å². The lowest BCUT2D eigenvalue weighted by molar-refractivity contribution is 0.0173. The number of piperidine rings is 1. The molecule has 1 N–H and O–H groups in total. The summed E-state index contributed by atoms with van der Waals surface area (Å²) in [5.74, 6) is 1.60. The van der Waals surface area contributed by atoms with Crippen molar-refractivity contribution in [1.29, 1.82) is 0 Å². The van der Waals surface area contributed by atoms with Crippen LogP contribution >= 0.6 is 0 Å². The van der Waals surface area contributed by atoms with Crippen LogP contribution in [0, 0.1) is 11.8 Å². The maximum Gasteiger partial charge on any atom is 0.115 e. The third kappa shape index (κ3) is 4.45. The van der Waals surface area contributed by atoms with Gasteiger partial charge in [-0.1, -0.05) is 26.0 Å². The molecule has 1 aliphatic rings. The molecule has 3 atom stereocenters. The predicted octanol–water partition coefficient (Wildman–Crippen LogP) is 3.07. The number of rotatable bonds is 7. The van der Waals surface area contributed by atoms with Crippen molar-refractivity contribution in [3.05, 3.63) is 29.8 Å². The second kappa shape index (κ2) is 8.51. The number of benzene rings is 1. The Kier molecular flexibility index (Phi) is 6.68. The van der Waals surface area contributed by atoms with Crippen LogP contribution in [0.4, 0.5) is 0 Å². The Bertz CT molecular complexity index is 452. The van der Waals surface area contributed by atoms with Gasteiger partial charge < -0.3 is 14.6 Å². The molecule has 4 nitrogen and oxygen atoms in total. The lowest BCUT2D eigenvalue weighted by Gasteiger charge is -2.43. The zero-order valence-electron chi connectivity index (χ0n) is 14.0. The summed E-state index contributed by atoms with van der Waals surface area (Å²) >= 11 is 0. The predicted molar refractivity (Wildman–Crippen MR) is 88.1 cm³/mol. The normalized spacial score (nSPS) is 26.2. The van der Waals surface area contributed by atoms with Gasteiger partial charge in [0.1, 0.15) is 5.75 Å². The van der Waals surface area contributed by atoms with Crippen molar-refractivity contribution in [2.24, 2.45) is 11.8 Å². The van der Waals surface area contributed by atoms with Crippen molar-refractivity contribution in [1.82, 2.24) is 4.90 Å². The Labute approximate surface area is 134 Å². The van der Waals surface area contributed by atoms with Gasteiger partial charge in [-0.3, -0.25) is 4.90 Å². The van der Waals surface area contributed by atoms with Crippen LogP contribution in [0.3, 0.4) is 0 Å². The van der Waals surface area contributed by atoms with E-state index < -0.39 is 0 Å². The molecule has 1 aromatic rings. The van der Waals surface area contributed by atoms with Crippen LogP contribution in [0.2, 0.25) is 0 Å². The molecule has 22 heavy (non-hydrogen) atoms. The standard InChI is InChI=1S/C18H29NO3/c1-14-7-8-19(9-10-22-12-11-21-3)18(15(14)2)16-5-4-6-17(20)13-16/h4-6,13-15,18,20H,7-12H2,1-3H3/t14-,15+,18?/m0/s1. The van der Waals surface area contributed by atoms with Crippen molar-refractivity contribution < 1.29 is 14.6 Å². The second-order valence-corrected chi connectivity index (χ2v) is 6.31. The van der Waals surface area contributed by atoms with Crippen molar-refractivity contribution in [3.63, 3.8) is 0 Å². The molecule has 0 spiro atoms. The molecule has 124 valence electrons. The highest BCUT2D eigenvalue weighted by Gasteiger charge is 2.33. The number of likely N-dealkylation sites (tertiary alicyclic amines) is 1. The third-order valence-corrected chi connectivity index (χ3v) is 4.83. The number of phenols is 1. The Morgan fingerprint density at radius 2 is 2.05 bits per heavy atom. The molecule has 0 saturated carbocycles. The Morgan fingerprint density at radius 1 is 1.23 bits per heavy atom. The van der Waals surface area contributed by atoms with Gasteiger partial charge in [-0.25, -0.2) is 0 Å². The van der Waals surface area contributed by atoms with Gasteiger partial charge in [0, 0.05) is 19.7 Å². The number of ether oxygens (including phenoxy) is 2. The zero-order valence-corrected chi connectivity index (χ0v) is 14.0. The first-order chi connectivity index (χ1) is 10.6. The SMILES string of the molecule is COCCOCCN1CC[C@H](C)[C@@H](C)C1c1cccc(O)c1. The van der Waals surface area contributed by atoms with Gasteiger partial charge in [0.05, 0.1) is 19.8 Å². The van der Waals surface area contributed by atoms with E-state index >= 15 is 0 Å². The summed E-state index contributed by atoms with van der Waals surface area (Å²) < 4.78 is 10.6. The molecule has 0 amide bonds. The summed E-state index contributed by atoms with van der Waals surface area (Å²) in [6.45, 7) is 8.65. The van der Waals surface area contributed by atoms with E-state index in [9.17, 15) is 5.11 Å². The topological polar surface area (TPSA) is 41.9 Å². The fourth-order valence-electron chi connectivity index (χ4n) is 3.32. The highest BCUT2D eigenvalue weighted by Crippen LogP contribution is 2.39. The second-order valence-electron chi connectivity index (χ2n) is 6.31. The van der Waals surface area contributed by atoms with Crippen molar-refractivity contribution in [2.45, 2.75) is 26.3 Å². The summed E-state index contributed by atoms with van der Waals surface area (Å²) in [4.78, 5) is 2.49. The fraction of sp³-hybridized carbons (Fsp3) is 0.667. The van der Waals surface area contributed by atoms with Crippen LogP contribution in [-0.2, 0) is 9.47 Å². The van der Waals surface area contributed by atoms with Crippen molar-refractivity contribution in [2.75, 3.05) is 40.0 Å². The molecular weight excluding hydrogens is 278 g/mol. The lowest BCUT2D eigenvalue weighted by Crippen LogP contribution is -2.43. The first-order valence-electron chi connectivity index (χ1n) is 8.23. The first-order valence-corrected chi connectivity index (χ1v) is 8.23. The summed E-state index contributed by atoms with van der Waals surface area (Å²) in [7, 11) is 1.69. The van der Waals surface area contributed by atoms with Crippen LogP contribution in [-0.4, -0.2) is 50.0 Å². The molecule has 4 heteroatoms. The first kappa shape index (κ1) is 17.3. The minimum Gasteiger partial charge on any atom is -0.508 e. The molecule has 0 aliphatic carbocycles. The van der Waals surface area contributed by atoms with E-state index in [-0.39, 0.29) is 0 Å². The zero-order chi connectivity index (χ0) is 15.9. The Hall–Kier alpha value is -1.10.